The van der Waals surface area contributed by atoms with Crippen LogP contribution in [0.15, 0.2) is 138 Å². The van der Waals surface area contributed by atoms with Gasteiger partial charge in [0.1, 0.15) is 0 Å². The van der Waals surface area contributed by atoms with Crippen LogP contribution in [-0.2, 0) is 4.43 Å². The summed E-state index contributed by atoms with van der Waals surface area (Å²) in [6, 6.07) is 32.7. The Kier molecular flexibility index (Phi) is 14.9. The molecule has 1 nitrogen and oxygen atoms in total. The number of hydrogen-bond acceptors (Lipinski definition) is 1. The van der Waals surface area contributed by atoms with E-state index in [0.717, 1.165) is 32.1 Å². The van der Waals surface area contributed by atoms with E-state index >= 15 is 0 Å². The van der Waals surface area contributed by atoms with Crippen LogP contribution in [-0.4, -0.2) is 20.8 Å². The van der Waals surface area contributed by atoms with Gasteiger partial charge in [0, 0.05) is 11.8 Å². The van der Waals surface area contributed by atoms with E-state index in [-0.39, 0.29) is 5.04 Å². The lowest BCUT2D eigenvalue weighted by Crippen LogP contribution is -2.66. The number of hydrogen-bond donors (Lipinski definition) is 0. The highest BCUT2D eigenvalue weighted by atomic mass is 35.5. The van der Waals surface area contributed by atoms with Crippen LogP contribution in [0.25, 0.3) is 0 Å². The fraction of sp³-hybridized carbons (Fsp3) is 0.381. The lowest BCUT2D eigenvalue weighted by molar-refractivity contribution is 0.338. The molecule has 0 aliphatic heterocycles. The van der Waals surface area contributed by atoms with E-state index in [2.05, 4.69) is 164 Å². The third-order valence-corrected chi connectivity index (χ3v) is 14.1. The SMILES string of the molecule is C/C(=C/CC/C(C)=C\C(C/C(C)=C\CC/C(C)=C\CO[Si](c1ccccc1)(c1ccccc1)C(C)(C)C)c1ccccc1)CCl. The molecule has 0 saturated carbocycles. The highest BCUT2D eigenvalue weighted by Crippen LogP contribution is 2.37. The van der Waals surface area contributed by atoms with Crippen LogP contribution >= 0.6 is 11.6 Å². The Labute approximate surface area is 280 Å². The minimum Gasteiger partial charge on any atom is -0.404 e. The summed E-state index contributed by atoms with van der Waals surface area (Å²) in [6.07, 6.45) is 14.7. The molecule has 0 aliphatic carbocycles. The number of allylic oxidation sites excluding steroid dienone is 7. The zero-order valence-corrected chi connectivity index (χ0v) is 30.5. The van der Waals surface area contributed by atoms with Gasteiger partial charge < -0.3 is 4.43 Å². The van der Waals surface area contributed by atoms with Crippen LogP contribution in [0.4, 0.5) is 0 Å². The van der Waals surface area contributed by atoms with Gasteiger partial charge in [-0.25, -0.2) is 0 Å². The smallest absolute Gasteiger partial charge is 0.261 e. The molecule has 0 aliphatic rings. The summed E-state index contributed by atoms with van der Waals surface area (Å²) in [4.78, 5) is 0. The third-order valence-electron chi connectivity index (χ3n) is 8.68. The summed E-state index contributed by atoms with van der Waals surface area (Å²) in [6.45, 7) is 16.5. The molecule has 0 heterocycles. The van der Waals surface area contributed by atoms with Crippen molar-refractivity contribution in [3.8, 4) is 0 Å². The highest BCUT2D eigenvalue weighted by molar-refractivity contribution is 6.99. The number of rotatable bonds is 16. The van der Waals surface area contributed by atoms with Gasteiger partial charge in [-0.3, -0.25) is 0 Å². The van der Waals surface area contributed by atoms with Crippen LogP contribution in [0, 0.1) is 0 Å². The Morgan fingerprint density at radius 2 is 1.16 bits per heavy atom. The summed E-state index contributed by atoms with van der Waals surface area (Å²) in [7, 11) is -2.52. The van der Waals surface area contributed by atoms with Crippen molar-refractivity contribution in [2.45, 2.75) is 91.5 Å². The Bertz CT molecular complexity index is 1370. The van der Waals surface area contributed by atoms with E-state index in [4.69, 9.17) is 16.0 Å². The predicted molar refractivity (Wildman–Crippen MR) is 202 cm³/mol. The molecule has 0 spiro atoms. The first-order valence-corrected chi connectivity index (χ1v) is 19.0. The summed E-state index contributed by atoms with van der Waals surface area (Å²) in [5.41, 5.74) is 6.90. The fourth-order valence-corrected chi connectivity index (χ4v) is 10.7. The number of alkyl halides is 1. The average molecular weight is 639 g/mol. The van der Waals surface area contributed by atoms with Crippen molar-refractivity contribution in [2.75, 3.05) is 12.5 Å². The molecule has 0 bridgehead atoms. The van der Waals surface area contributed by atoms with Crippen LogP contribution < -0.4 is 10.4 Å². The second-order valence-electron chi connectivity index (χ2n) is 13.6. The van der Waals surface area contributed by atoms with Gasteiger partial charge in [-0.05, 0) is 80.8 Å². The van der Waals surface area contributed by atoms with Crippen molar-refractivity contribution >= 4 is 30.3 Å². The van der Waals surface area contributed by atoms with Crippen molar-refractivity contribution in [2.24, 2.45) is 0 Å². The average Bonchev–Trinajstić information content (AvgIpc) is 3.03. The molecule has 0 saturated heterocycles. The van der Waals surface area contributed by atoms with Gasteiger partial charge in [-0.15, -0.1) is 11.6 Å². The molecule has 0 aromatic heterocycles. The Hall–Kier alpha value is -2.91. The van der Waals surface area contributed by atoms with Crippen molar-refractivity contribution in [3.63, 3.8) is 0 Å². The summed E-state index contributed by atoms with van der Waals surface area (Å²) >= 11 is 5.96. The van der Waals surface area contributed by atoms with Gasteiger partial charge in [0.2, 0.25) is 0 Å². The topological polar surface area (TPSA) is 9.23 Å². The maximum atomic E-state index is 7.08. The molecule has 1 atom stereocenters. The Balaban J connectivity index is 1.68. The normalized spacial score (nSPS) is 14.5. The monoisotopic (exact) mass is 638 g/mol. The van der Waals surface area contributed by atoms with Crippen LogP contribution in [0.2, 0.25) is 5.04 Å². The summed E-state index contributed by atoms with van der Waals surface area (Å²) in [5, 5.41) is 2.64. The fourth-order valence-electron chi connectivity index (χ4n) is 6.15. The van der Waals surface area contributed by atoms with Crippen LogP contribution in [0.3, 0.4) is 0 Å². The standard InChI is InChI=1S/C42H55ClOSi/c1-34(29-30-44-45(42(5,6)7,40-25-13-9-14-26-40)41-27-15-10-16-28-41)19-17-20-35(2)31-39(38-23-11-8-12-24-38)32-36(3)21-18-22-37(4)33-43/h8-16,20,22-29,32,39H,17-19,21,30-31,33H2,1-7H3/b34-29-,35-20-,36-32-,37-22-. The molecular weight excluding hydrogens is 584 g/mol. The zero-order chi connectivity index (χ0) is 32.7. The first kappa shape index (κ1) is 36.6. The predicted octanol–water partition coefficient (Wildman–Crippen LogP) is 11.3. The highest BCUT2D eigenvalue weighted by Gasteiger charge is 2.49. The molecule has 0 fully saturated rings. The molecule has 3 aromatic carbocycles. The van der Waals surface area contributed by atoms with Crippen molar-refractivity contribution < 1.29 is 4.43 Å². The van der Waals surface area contributed by atoms with E-state index in [1.54, 1.807) is 0 Å². The second kappa shape index (κ2) is 18.3. The van der Waals surface area contributed by atoms with E-state index in [9.17, 15) is 0 Å². The second-order valence-corrected chi connectivity index (χ2v) is 18.1. The minimum atomic E-state index is -2.52. The lowest BCUT2D eigenvalue weighted by atomic mass is 9.89. The molecule has 240 valence electrons. The molecule has 45 heavy (non-hydrogen) atoms. The first-order valence-electron chi connectivity index (χ1n) is 16.6. The van der Waals surface area contributed by atoms with E-state index < -0.39 is 8.32 Å². The largest absolute Gasteiger partial charge is 0.404 e. The van der Waals surface area contributed by atoms with Gasteiger partial charge in [-0.2, -0.15) is 0 Å². The Morgan fingerprint density at radius 3 is 1.67 bits per heavy atom. The van der Waals surface area contributed by atoms with E-state index in [0.29, 0.717) is 18.4 Å². The molecule has 3 heteroatoms. The van der Waals surface area contributed by atoms with Gasteiger partial charge in [-0.1, -0.05) is 158 Å². The Morgan fingerprint density at radius 1 is 0.667 bits per heavy atom. The van der Waals surface area contributed by atoms with Gasteiger partial charge in [0.05, 0.1) is 6.61 Å². The molecule has 0 N–H and O–H groups in total. The van der Waals surface area contributed by atoms with Crippen LogP contribution in [0.1, 0.15) is 92.1 Å². The molecule has 0 amide bonds. The van der Waals surface area contributed by atoms with E-state index in [1.165, 1.54) is 38.2 Å². The quantitative estimate of drug-likeness (QED) is 0.0861. The van der Waals surface area contributed by atoms with Crippen molar-refractivity contribution in [1.82, 2.24) is 0 Å². The zero-order valence-electron chi connectivity index (χ0n) is 28.8. The molecule has 3 aromatic rings. The lowest BCUT2D eigenvalue weighted by Gasteiger charge is -2.42. The number of halogens is 1. The minimum absolute atomic E-state index is 0.0147. The molecule has 3 rings (SSSR count). The maximum absolute atomic E-state index is 7.08. The number of benzene rings is 3. The molecule has 1 unspecified atom stereocenters. The van der Waals surface area contributed by atoms with Crippen molar-refractivity contribution in [1.29, 1.82) is 0 Å². The molecular formula is C42H55ClOSi. The molecule has 0 radical (unpaired) electrons. The summed E-state index contributed by atoms with van der Waals surface area (Å²) in [5.74, 6) is 0.999. The van der Waals surface area contributed by atoms with Gasteiger partial charge in [0.25, 0.3) is 8.32 Å². The maximum Gasteiger partial charge on any atom is 0.261 e. The summed E-state index contributed by atoms with van der Waals surface area (Å²) < 4.78 is 7.08. The van der Waals surface area contributed by atoms with E-state index in [1.807, 2.05) is 0 Å². The van der Waals surface area contributed by atoms with Gasteiger partial charge in [0.15, 0.2) is 0 Å². The third kappa shape index (κ3) is 11.1. The first-order chi connectivity index (χ1) is 21.6. The van der Waals surface area contributed by atoms with Gasteiger partial charge >= 0.3 is 0 Å². The van der Waals surface area contributed by atoms with Crippen molar-refractivity contribution in [3.05, 3.63) is 143 Å². The van der Waals surface area contributed by atoms with Crippen LogP contribution in [0.5, 0.6) is 0 Å².